The summed E-state index contributed by atoms with van der Waals surface area (Å²) in [5, 5.41) is 7.78. The molecule has 1 N–H and O–H groups in total. The molecule has 0 aliphatic rings. The number of anilines is 1. The van der Waals surface area contributed by atoms with Crippen molar-refractivity contribution in [1.82, 2.24) is 19.9 Å². The van der Waals surface area contributed by atoms with Gasteiger partial charge in [0.25, 0.3) is 11.5 Å². The summed E-state index contributed by atoms with van der Waals surface area (Å²) in [5.41, 5.74) is 0.360. The van der Waals surface area contributed by atoms with E-state index in [0.29, 0.717) is 15.8 Å². The van der Waals surface area contributed by atoms with Crippen LogP contribution < -0.4 is 20.5 Å². The zero-order valence-electron chi connectivity index (χ0n) is 15.4. The summed E-state index contributed by atoms with van der Waals surface area (Å²) in [6, 6.07) is 7.36. The van der Waals surface area contributed by atoms with Gasteiger partial charge in [0.15, 0.2) is 0 Å². The lowest BCUT2D eigenvalue weighted by atomic mass is 10.2. The summed E-state index contributed by atoms with van der Waals surface area (Å²) in [6.07, 6.45) is 1.31. The predicted molar refractivity (Wildman–Crippen MR) is 105 cm³/mol. The van der Waals surface area contributed by atoms with Gasteiger partial charge in [0.2, 0.25) is 10.1 Å². The van der Waals surface area contributed by atoms with Crippen molar-refractivity contribution in [1.29, 1.82) is 0 Å². The second-order valence-electron chi connectivity index (χ2n) is 5.76. The Balaban J connectivity index is 1.82. The van der Waals surface area contributed by atoms with Crippen molar-refractivity contribution in [2.24, 2.45) is 0 Å². The van der Waals surface area contributed by atoms with Gasteiger partial charge >= 0.3 is 0 Å². The number of fused-ring (bicyclic) bond motifs is 1. The van der Waals surface area contributed by atoms with Gasteiger partial charge in [-0.15, -0.1) is 5.10 Å². The number of ether oxygens (including phenoxy) is 1. The van der Waals surface area contributed by atoms with Crippen molar-refractivity contribution in [2.75, 3.05) is 25.1 Å². The topological polar surface area (TPSA) is 88.8 Å². The smallest absolute Gasteiger partial charge is 0.288 e. The molecule has 1 amide bonds. The Morgan fingerprint density at radius 1 is 1.33 bits per heavy atom. The van der Waals surface area contributed by atoms with Gasteiger partial charge < -0.3 is 15.0 Å². The average Bonchev–Trinajstić information content (AvgIpc) is 3.12. The zero-order chi connectivity index (χ0) is 19.4. The SMILES string of the molecule is CCN(CC)c1nn2c(=O)c(C(=O)NCc3cccc(OC)c3)cnc2s1. The molecule has 1 aromatic carbocycles. The molecule has 8 nitrogen and oxygen atoms in total. The Morgan fingerprint density at radius 3 is 2.81 bits per heavy atom. The molecule has 0 radical (unpaired) electrons. The number of benzene rings is 1. The van der Waals surface area contributed by atoms with E-state index in [4.69, 9.17) is 4.74 Å². The van der Waals surface area contributed by atoms with E-state index in [-0.39, 0.29) is 12.1 Å². The van der Waals surface area contributed by atoms with Crippen LogP contribution in [0.5, 0.6) is 5.75 Å². The van der Waals surface area contributed by atoms with E-state index >= 15 is 0 Å². The molecule has 0 unspecified atom stereocenters. The fraction of sp³-hybridized carbons (Fsp3) is 0.333. The van der Waals surface area contributed by atoms with Crippen LogP contribution in [0.4, 0.5) is 5.13 Å². The van der Waals surface area contributed by atoms with Crippen LogP contribution in [0.2, 0.25) is 0 Å². The van der Waals surface area contributed by atoms with Crippen molar-refractivity contribution < 1.29 is 9.53 Å². The summed E-state index contributed by atoms with van der Waals surface area (Å²) in [7, 11) is 1.58. The third-order valence-corrected chi connectivity index (χ3v) is 5.13. The molecule has 2 aromatic heterocycles. The monoisotopic (exact) mass is 387 g/mol. The average molecular weight is 387 g/mol. The fourth-order valence-electron chi connectivity index (χ4n) is 2.61. The summed E-state index contributed by atoms with van der Waals surface area (Å²) in [5.74, 6) is 0.221. The maximum atomic E-state index is 12.7. The normalized spacial score (nSPS) is 10.8. The summed E-state index contributed by atoms with van der Waals surface area (Å²) in [6.45, 7) is 5.87. The van der Waals surface area contributed by atoms with Crippen LogP contribution in [0.15, 0.2) is 35.3 Å². The minimum absolute atomic E-state index is 0.0354. The van der Waals surface area contributed by atoms with Crippen molar-refractivity contribution in [3.8, 4) is 5.75 Å². The van der Waals surface area contributed by atoms with Crippen LogP contribution >= 0.6 is 11.3 Å². The minimum Gasteiger partial charge on any atom is -0.497 e. The van der Waals surface area contributed by atoms with E-state index in [0.717, 1.165) is 18.7 Å². The molecule has 3 aromatic rings. The first-order valence-electron chi connectivity index (χ1n) is 8.62. The highest BCUT2D eigenvalue weighted by Gasteiger charge is 2.17. The Hall–Kier alpha value is -2.94. The van der Waals surface area contributed by atoms with Gasteiger partial charge in [-0.1, -0.05) is 23.5 Å². The van der Waals surface area contributed by atoms with Gasteiger partial charge in [0, 0.05) is 25.8 Å². The number of aromatic nitrogens is 3. The number of carbonyl (C=O) groups excluding carboxylic acids is 1. The maximum Gasteiger partial charge on any atom is 0.288 e. The van der Waals surface area contributed by atoms with Crippen molar-refractivity contribution in [3.05, 3.63) is 51.9 Å². The standard InChI is InChI=1S/C18H21N5O3S/c1-4-22(5-2)18-21-23-16(25)14(11-20-17(23)27-18)15(24)19-10-12-7-6-8-13(9-12)26-3/h6-9,11H,4-5,10H2,1-3H3,(H,19,24). The highest BCUT2D eigenvalue weighted by molar-refractivity contribution is 7.20. The number of methoxy groups -OCH3 is 1. The van der Waals surface area contributed by atoms with E-state index in [1.165, 1.54) is 22.0 Å². The number of nitrogens with one attached hydrogen (secondary N) is 1. The van der Waals surface area contributed by atoms with Crippen molar-refractivity contribution in [3.63, 3.8) is 0 Å². The number of amides is 1. The Labute approximate surface area is 160 Å². The second kappa shape index (κ2) is 8.17. The number of rotatable bonds is 7. The summed E-state index contributed by atoms with van der Waals surface area (Å²) < 4.78 is 6.36. The second-order valence-corrected chi connectivity index (χ2v) is 6.70. The van der Waals surface area contributed by atoms with Gasteiger partial charge in [-0.25, -0.2) is 4.98 Å². The first-order chi connectivity index (χ1) is 13.1. The van der Waals surface area contributed by atoms with Crippen LogP contribution in [-0.4, -0.2) is 40.7 Å². The highest BCUT2D eigenvalue weighted by Crippen LogP contribution is 2.20. The van der Waals surface area contributed by atoms with Crippen molar-refractivity contribution in [2.45, 2.75) is 20.4 Å². The number of hydrogen-bond acceptors (Lipinski definition) is 7. The lowest BCUT2D eigenvalue weighted by Gasteiger charge is -2.15. The summed E-state index contributed by atoms with van der Waals surface area (Å²) >= 11 is 1.32. The number of nitrogens with zero attached hydrogens (tertiary/aromatic N) is 4. The predicted octanol–water partition coefficient (Wildman–Crippen LogP) is 1.94. The number of hydrogen-bond donors (Lipinski definition) is 1. The third kappa shape index (κ3) is 3.92. The van der Waals surface area contributed by atoms with Crippen molar-refractivity contribution >= 4 is 27.3 Å². The molecule has 0 spiro atoms. The molecular formula is C18H21N5O3S. The van der Waals surface area contributed by atoms with Gasteiger partial charge in [0.1, 0.15) is 11.3 Å². The first kappa shape index (κ1) is 18.8. The molecule has 0 aliphatic heterocycles. The fourth-order valence-corrected chi connectivity index (χ4v) is 3.60. The van der Waals surface area contributed by atoms with Crippen LogP contribution in [0.1, 0.15) is 29.8 Å². The van der Waals surface area contributed by atoms with Crippen LogP contribution in [-0.2, 0) is 6.54 Å². The quantitative estimate of drug-likeness (QED) is 0.666. The molecule has 0 bridgehead atoms. The largest absolute Gasteiger partial charge is 0.497 e. The third-order valence-electron chi connectivity index (χ3n) is 4.14. The molecule has 2 heterocycles. The molecule has 27 heavy (non-hydrogen) atoms. The summed E-state index contributed by atoms with van der Waals surface area (Å²) in [4.78, 5) is 31.8. The van der Waals surface area contributed by atoms with Gasteiger partial charge in [-0.3, -0.25) is 9.59 Å². The molecule has 0 atom stereocenters. The minimum atomic E-state index is -0.484. The van der Waals surface area contributed by atoms with Gasteiger partial charge in [0.05, 0.1) is 7.11 Å². The molecule has 9 heteroatoms. The maximum absolute atomic E-state index is 12.7. The number of carbonyl (C=O) groups is 1. The Bertz CT molecular complexity index is 1010. The molecule has 0 fully saturated rings. The van der Waals surface area contributed by atoms with E-state index in [2.05, 4.69) is 15.4 Å². The highest BCUT2D eigenvalue weighted by atomic mass is 32.1. The van der Waals surface area contributed by atoms with E-state index < -0.39 is 11.5 Å². The molecule has 142 valence electrons. The molecule has 0 saturated carbocycles. The van der Waals surface area contributed by atoms with Gasteiger partial charge in [-0.2, -0.15) is 4.52 Å². The van der Waals surface area contributed by atoms with Crippen LogP contribution in [0.3, 0.4) is 0 Å². The van der Waals surface area contributed by atoms with E-state index in [1.807, 2.05) is 43.0 Å². The van der Waals surface area contributed by atoms with E-state index in [1.54, 1.807) is 7.11 Å². The molecular weight excluding hydrogens is 366 g/mol. The van der Waals surface area contributed by atoms with Gasteiger partial charge in [-0.05, 0) is 31.5 Å². The first-order valence-corrected chi connectivity index (χ1v) is 9.44. The molecule has 3 rings (SSSR count). The molecule has 0 aliphatic carbocycles. The van der Waals surface area contributed by atoms with Crippen LogP contribution in [0, 0.1) is 0 Å². The molecule has 0 saturated heterocycles. The lowest BCUT2D eigenvalue weighted by Crippen LogP contribution is -2.31. The van der Waals surface area contributed by atoms with Crippen LogP contribution in [0.25, 0.3) is 4.96 Å². The van der Waals surface area contributed by atoms with E-state index in [9.17, 15) is 9.59 Å². The Kier molecular flexibility index (Phi) is 5.70. The lowest BCUT2D eigenvalue weighted by molar-refractivity contribution is 0.0948. The zero-order valence-corrected chi connectivity index (χ0v) is 16.2. The Morgan fingerprint density at radius 2 is 2.11 bits per heavy atom.